The number of hydrogen-bond donors (Lipinski definition) is 2. The van der Waals surface area contributed by atoms with E-state index in [0.29, 0.717) is 13.1 Å². The summed E-state index contributed by atoms with van der Waals surface area (Å²) in [6, 6.07) is 16.4. The van der Waals surface area contributed by atoms with Gasteiger partial charge in [0.15, 0.2) is 0 Å². The predicted octanol–water partition coefficient (Wildman–Crippen LogP) is 3.36. The van der Waals surface area contributed by atoms with Crippen LogP contribution < -0.4 is 15.5 Å². The van der Waals surface area contributed by atoms with Crippen molar-refractivity contribution in [3.63, 3.8) is 0 Å². The highest BCUT2D eigenvalue weighted by molar-refractivity contribution is 5.81. The lowest BCUT2D eigenvalue weighted by Crippen LogP contribution is -2.32. The third-order valence-electron chi connectivity index (χ3n) is 4.10. The molecule has 4 heteroatoms. The van der Waals surface area contributed by atoms with E-state index in [9.17, 15) is 4.79 Å². The van der Waals surface area contributed by atoms with Crippen LogP contribution in [0.3, 0.4) is 0 Å². The second-order valence-corrected chi connectivity index (χ2v) is 6.08. The van der Waals surface area contributed by atoms with Crippen LogP contribution in [0.25, 0.3) is 0 Å². The molecule has 0 fully saturated rings. The number of carbonyl (C=O) groups excluding carboxylic acids is 1. The van der Waals surface area contributed by atoms with Crippen molar-refractivity contribution in [2.75, 3.05) is 36.9 Å². The standard InChI is InChI=1S/C20H27N3O/c1-16-9-7-10-17(2)20(16)22-15-19(24)21-13-8-14-23(3)18-11-5-4-6-12-18/h4-7,9-12,22H,8,13-15H2,1-3H3,(H,21,24). The van der Waals surface area contributed by atoms with Crippen molar-refractivity contribution in [2.24, 2.45) is 0 Å². The van der Waals surface area contributed by atoms with Crippen LogP contribution in [0.2, 0.25) is 0 Å². The molecule has 0 aliphatic heterocycles. The largest absolute Gasteiger partial charge is 0.376 e. The number of amides is 1. The van der Waals surface area contributed by atoms with E-state index in [4.69, 9.17) is 0 Å². The number of nitrogens with one attached hydrogen (secondary N) is 2. The van der Waals surface area contributed by atoms with E-state index in [2.05, 4.69) is 34.7 Å². The van der Waals surface area contributed by atoms with Crippen LogP contribution in [0.5, 0.6) is 0 Å². The first-order valence-corrected chi connectivity index (χ1v) is 8.41. The van der Waals surface area contributed by atoms with Crippen LogP contribution >= 0.6 is 0 Å². The minimum absolute atomic E-state index is 0.0278. The zero-order valence-electron chi connectivity index (χ0n) is 14.8. The molecule has 4 nitrogen and oxygen atoms in total. The Bertz CT molecular complexity index is 635. The van der Waals surface area contributed by atoms with E-state index < -0.39 is 0 Å². The Morgan fingerprint density at radius 2 is 1.67 bits per heavy atom. The van der Waals surface area contributed by atoms with Crippen molar-refractivity contribution in [3.05, 3.63) is 59.7 Å². The fourth-order valence-electron chi connectivity index (χ4n) is 2.68. The van der Waals surface area contributed by atoms with Crippen molar-refractivity contribution in [1.29, 1.82) is 0 Å². The van der Waals surface area contributed by atoms with Crippen LogP contribution in [0.15, 0.2) is 48.5 Å². The second kappa shape index (κ2) is 8.96. The maximum Gasteiger partial charge on any atom is 0.239 e. The molecule has 24 heavy (non-hydrogen) atoms. The summed E-state index contributed by atoms with van der Waals surface area (Å²) in [5.74, 6) is 0.0278. The zero-order valence-corrected chi connectivity index (χ0v) is 14.8. The first kappa shape index (κ1) is 17.9. The molecule has 128 valence electrons. The molecule has 0 bridgehead atoms. The average Bonchev–Trinajstić information content (AvgIpc) is 2.59. The summed E-state index contributed by atoms with van der Waals surface area (Å²) in [6.45, 7) is 6.00. The lowest BCUT2D eigenvalue weighted by Gasteiger charge is -2.19. The van der Waals surface area contributed by atoms with E-state index in [1.54, 1.807) is 0 Å². The molecule has 0 aliphatic rings. The molecular formula is C20H27N3O. The van der Waals surface area contributed by atoms with Gasteiger partial charge in [0.1, 0.15) is 0 Å². The number of hydrogen-bond acceptors (Lipinski definition) is 3. The molecule has 2 rings (SSSR count). The number of nitrogens with zero attached hydrogens (tertiary/aromatic N) is 1. The molecule has 0 spiro atoms. The lowest BCUT2D eigenvalue weighted by molar-refractivity contribution is -0.119. The normalized spacial score (nSPS) is 10.3. The number of rotatable bonds is 8. The Hall–Kier alpha value is -2.49. The Labute approximate surface area is 144 Å². The van der Waals surface area contributed by atoms with Crippen LogP contribution in [-0.4, -0.2) is 32.6 Å². The molecule has 1 amide bonds. The van der Waals surface area contributed by atoms with Gasteiger partial charge in [-0.1, -0.05) is 36.4 Å². The molecular weight excluding hydrogens is 298 g/mol. The molecule has 0 saturated carbocycles. The Morgan fingerprint density at radius 3 is 2.33 bits per heavy atom. The summed E-state index contributed by atoms with van der Waals surface area (Å²) < 4.78 is 0. The second-order valence-electron chi connectivity index (χ2n) is 6.08. The molecule has 0 aliphatic carbocycles. The van der Waals surface area contributed by atoms with E-state index in [-0.39, 0.29) is 5.91 Å². The molecule has 0 unspecified atom stereocenters. The summed E-state index contributed by atoms with van der Waals surface area (Å²) in [6.07, 6.45) is 0.917. The average molecular weight is 325 g/mol. The highest BCUT2D eigenvalue weighted by Crippen LogP contribution is 2.18. The van der Waals surface area contributed by atoms with Crippen molar-refractivity contribution in [1.82, 2.24) is 5.32 Å². The quantitative estimate of drug-likeness (QED) is 0.732. The van der Waals surface area contributed by atoms with E-state index in [1.165, 1.54) is 5.69 Å². The summed E-state index contributed by atoms with van der Waals surface area (Å²) in [5, 5.41) is 6.20. The third-order valence-corrected chi connectivity index (χ3v) is 4.10. The summed E-state index contributed by atoms with van der Waals surface area (Å²) in [4.78, 5) is 14.2. The monoisotopic (exact) mass is 325 g/mol. The molecule has 0 heterocycles. The number of aryl methyl sites for hydroxylation is 2. The van der Waals surface area contributed by atoms with Gasteiger partial charge >= 0.3 is 0 Å². The molecule has 2 aromatic rings. The Kier molecular flexibility index (Phi) is 6.67. The van der Waals surface area contributed by atoms with E-state index >= 15 is 0 Å². The highest BCUT2D eigenvalue weighted by Gasteiger charge is 2.05. The van der Waals surface area contributed by atoms with Crippen LogP contribution in [-0.2, 0) is 4.79 Å². The van der Waals surface area contributed by atoms with Crippen LogP contribution in [0.4, 0.5) is 11.4 Å². The highest BCUT2D eigenvalue weighted by atomic mass is 16.1. The van der Waals surface area contributed by atoms with Gasteiger partial charge in [-0.3, -0.25) is 4.79 Å². The zero-order chi connectivity index (χ0) is 17.4. The van der Waals surface area contributed by atoms with Gasteiger partial charge in [-0.2, -0.15) is 0 Å². The SMILES string of the molecule is Cc1cccc(C)c1NCC(=O)NCCCN(C)c1ccccc1. The van der Waals surface area contributed by atoms with Gasteiger partial charge in [-0.05, 0) is 43.5 Å². The minimum atomic E-state index is 0.0278. The van der Waals surface area contributed by atoms with E-state index in [1.807, 2.05) is 50.2 Å². The maximum absolute atomic E-state index is 12.0. The molecule has 0 atom stereocenters. The molecule has 2 aromatic carbocycles. The molecule has 2 N–H and O–H groups in total. The number of anilines is 2. The number of benzene rings is 2. The Morgan fingerprint density at radius 1 is 1.00 bits per heavy atom. The van der Waals surface area contributed by atoms with Gasteiger partial charge in [0.2, 0.25) is 5.91 Å². The van der Waals surface area contributed by atoms with Crippen LogP contribution in [0.1, 0.15) is 17.5 Å². The van der Waals surface area contributed by atoms with Gasteiger partial charge in [0.05, 0.1) is 6.54 Å². The molecule has 0 aromatic heterocycles. The Balaban J connectivity index is 1.67. The number of carbonyl (C=O) groups is 1. The van der Waals surface area contributed by atoms with E-state index in [0.717, 1.165) is 29.8 Å². The summed E-state index contributed by atoms with van der Waals surface area (Å²) >= 11 is 0. The van der Waals surface area contributed by atoms with Gasteiger partial charge < -0.3 is 15.5 Å². The fraction of sp³-hybridized carbons (Fsp3) is 0.350. The topological polar surface area (TPSA) is 44.4 Å². The van der Waals surface area contributed by atoms with Gasteiger partial charge in [0, 0.05) is 31.5 Å². The molecule has 0 radical (unpaired) electrons. The minimum Gasteiger partial charge on any atom is -0.376 e. The third kappa shape index (κ3) is 5.30. The van der Waals surface area contributed by atoms with Crippen molar-refractivity contribution >= 4 is 17.3 Å². The van der Waals surface area contributed by atoms with Gasteiger partial charge in [0.25, 0.3) is 0 Å². The predicted molar refractivity (Wildman–Crippen MR) is 102 cm³/mol. The van der Waals surface area contributed by atoms with Crippen LogP contribution in [0, 0.1) is 13.8 Å². The summed E-state index contributed by atoms with van der Waals surface area (Å²) in [5.41, 5.74) is 4.57. The van der Waals surface area contributed by atoms with Gasteiger partial charge in [-0.25, -0.2) is 0 Å². The summed E-state index contributed by atoms with van der Waals surface area (Å²) in [7, 11) is 2.07. The number of para-hydroxylation sites is 2. The van der Waals surface area contributed by atoms with Crippen molar-refractivity contribution in [3.8, 4) is 0 Å². The maximum atomic E-state index is 12.0. The van der Waals surface area contributed by atoms with Crippen molar-refractivity contribution in [2.45, 2.75) is 20.3 Å². The lowest BCUT2D eigenvalue weighted by atomic mass is 10.1. The van der Waals surface area contributed by atoms with Crippen molar-refractivity contribution < 1.29 is 4.79 Å². The smallest absolute Gasteiger partial charge is 0.239 e. The first-order chi connectivity index (χ1) is 11.6. The van der Waals surface area contributed by atoms with Gasteiger partial charge in [-0.15, -0.1) is 0 Å². The molecule has 0 saturated heterocycles. The fourth-order valence-corrected chi connectivity index (χ4v) is 2.68. The first-order valence-electron chi connectivity index (χ1n) is 8.41.